The summed E-state index contributed by atoms with van der Waals surface area (Å²) in [6.07, 6.45) is 1.18. The Morgan fingerprint density at radius 1 is 1.15 bits per heavy atom. The summed E-state index contributed by atoms with van der Waals surface area (Å²) in [7, 11) is 3.18. The van der Waals surface area contributed by atoms with Crippen molar-refractivity contribution in [3.05, 3.63) is 23.8 Å². The van der Waals surface area contributed by atoms with E-state index in [1.165, 1.54) is 6.42 Å². The molecule has 0 radical (unpaired) electrons. The summed E-state index contributed by atoms with van der Waals surface area (Å²) in [4.78, 5) is 14.6. The van der Waals surface area contributed by atoms with Gasteiger partial charge >= 0.3 is 0 Å². The molecule has 20 heavy (non-hydrogen) atoms. The maximum Gasteiger partial charge on any atom is 0.257 e. The molecule has 110 valence electrons. The lowest BCUT2D eigenvalue weighted by Crippen LogP contribution is -2.42. The second-order valence-corrected chi connectivity index (χ2v) is 5.72. The molecule has 0 aromatic heterocycles. The number of likely N-dealkylation sites (tertiary alicyclic amines) is 1. The van der Waals surface area contributed by atoms with Crippen LogP contribution in [-0.2, 0) is 0 Å². The SMILES string of the molecule is COc1ccc(C(=O)N2CC(C)CC(C)C2)c(OC)c1. The molecule has 0 saturated carbocycles. The Balaban J connectivity index is 2.24. The van der Waals surface area contributed by atoms with E-state index in [2.05, 4.69) is 13.8 Å². The molecule has 2 rings (SSSR count). The van der Waals surface area contributed by atoms with E-state index >= 15 is 0 Å². The summed E-state index contributed by atoms with van der Waals surface area (Å²) in [5.41, 5.74) is 0.606. The van der Waals surface area contributed by atoms with Gasteiger partial charge in [0.05, 0.1) is 19.8 Å². The lowest BCUT2D eigenvalue weighted by Gasteiger charge is -2.35. The van der Waals surface area contributed by atoms with Gasteiger partial charge in [0, 0.05) is 19.2 Å². The first-order valence-corrected chi connectivity index (χ1v) is 7.06. The third kappa shape index (κ3) is 3.06. The molecule has 1 fully saturated rings. The van der Waals surface area contributed by atoms with Gasteiger partial charge in [-0.25, -0.2) is 0 Å². The van der Waals surface area contributed by atoms with E-state index in [1.807, 2.05) is 4.90 Å². The quantitative estimate of drug-likeness (QED) is 0.852. The zero-order valence-corrected chi connectivity index (χ0v) is 12.7. The van der Waals surface area contributed by atoms with Gasteiger partial charge in [-0.1, -0.05) is 13.8 Å². The average molecular weight is 277 g/mol. The molecule has 1 aromatic carbocycles. The van der Waals surface area contributed by atoms with Crippen molar-refractivity contribution in [1.82, 2.24) is 4.90 Å². The Bertz CT molecular complexity index is 477. The lowest BCUT2D eigenvalue weighted by atomic mass is 9.91. The van der Waals surface area contributed by atoms with Crippen molar-refractivity contribution in [2.75, 3.05) is 27.3 Å². The van der Waals surface area contributed by atoms with Gasteiger partial charge in [-0.05, 0) is 30.4 Å². The predicted octanol–water partition coefficient (Wildman–Crippen LogP) is 2.82. The normalized spacial score (nSPS) is 22.5. The molecular weight excluding hydrogens is 254 g/mol. The Morgan fingerprint density at radius 3 is 2.35 bits per heavy atom. The zero-order valence-electron chi connectivity index (χ0n) is 12.7. The summed E-state index contributed by atoms with van der Waals surface area (Å²) >= 11 is 0. The van der Waals surface area contributed by atoms with Crippen LogP contribution < -0.4 is 9.47 Å². The second-order valence-electron chi connectivity index (χ2n) is 5.72. The molecule has 4 heteroatoms. The number of methoxy groups -OCH3 is 2. The number of carbonyl (C=O) groups is 1. The number of hydrogen-bond acceptors (Lipinski definition) is 3. The van der Waals surface area contributed by atoms with Gasteiger partial charge in [-0.2, -0.15) is 0 Å². The van der Waals surface area contributed by atoms with Crippen LogP contribution >= 0.6 is 0 Å². The van der Waals surface area contributed by atoms with E-state index in [0.29, 0.717) is 28.9 Å². The highest BCUT2D eigenvalue weighted by Crippen LogP contribution is 2.28. The monoisotopic (exact) mass is 277 g/mol. The fourth-order valence-electron chi connectivity index (χ4n) is 2.97. The molecule has 0 bridgehead atoms. The molecule has 0 aliphatic carbocycles. The number of hydrogen-bond donors (Lipinski definition) is 0. The highest BCUT2D eigenvalue weighted by Gasteiger charge is 2.27. The molecule has 2 unspecified atom stereocenters. The highest BCUT2D eigenvalue weighted by molar-refractivity contribution is 5.97. The van der Waals surface area contributed by atoms with Crippen LogP contribution in [0, 0.1) is 11.8 Å². The molecule has 0 N–H and O–H groups in total. The van der Waals surface area contributed by atoms with Gasteiger partial charge in [-0.15, -0.1) is 0 Å². The van der Waals surface area contributed by atoms with E-state index in [0.717, 1.165) is 13.1 Å². The van der Waals surface area contributed by atoms with E-state index in [9.17, 15) is 4.79 Å². The summed E-state index contributed by atoms with van der Waals surface area (Å²) in [5, 5.41) is 0. The van der Waals surface area contributed by atoms with Crippen molar-refractivity contribution in [2.45, 2.75) is 20.3 Å². The standard InChI is InChI=1S/C16H23NO3/c1-11-7-12(2)10-17(9-11)16(18)14-6-5-13(19-3)8-15(14)20-4/h5-6,8,11-12H,7,9-10H2,1-4H3. The van der Waals surface area contributed by atoms with Crippen molar-refractivity contribution in [3.8, 4) is 11.5 Å². The van der Waals surface area contributed by atoms with Crippen molar-refractivity contribution in [2.24, 2.45) is 11.8 Å². The number of piperidine rings is 1. The third-order valence-corrected chi connectivity index (χ3v) is 3.80. The summed E-state index contributed by atoms with van der Waals surface area (Å²) in [5.74, 6) is 2.40. The zero-order chi connectivity index (χ0) is 14.7. The molecule has 1 aromatic rings. The van der Waals surface area contributed by atoms with Gasteiger partial charge in [-0.3, -0.25) is 4.79 Å². The van der Waals surface area contributed by atoms with Crippen LogP contribution in [0.1, 0.15) is 30.6 Å². The van der Waals surface area contributed by atoms with Gasteiger partial charge in [0.15, 0.2) is 0 Å². The minimum Gasteiger partial charge on any atom is -0.497 e. The number of ether oxygens (including phenoxy) is 2. The van der Waals surface area contributed by atoms with Crippen LogP contribution in [0.2, 0.25) is 0 Å². The number of carbonyl (C=O) groups excluding carboxylic acids is 1. The molecule has 1 heterocycles. The molecular formula is C16H23NO3. The fourth-order valence-corrected chi connectivity index (χ4v) is 2.97. The maximum atomic E-state index is 12.7. The summed E-state index contributed by atoms with van der Waals surface area (Å²) in [6, 6.07) is 5.33. The van der Waals surface area contributed by atoms with E-state index in [-0.39, 0.29) is 5.91 Å². The maximum absolute atomic E-state index is 12.7. The number of benzene rings is 1. The molecule has 1 aliphatic rings. The third-order valence-electron chi connectivity index (χ3n) is 3.80. The minimum absolute atomic E-state index is 0.0444. The fraction of sp³-hybridized carbons (Fsp3) is 0.562. The van der Waals surface area contributed by atoms with Crippen LogP contribution in [0.5, 0.6) is 11.5 Å². The van der Waals surface area contributed by atoms with Gasteiger partial charge in [0.25, 0.3) is 5.91 Å². The topological polar surface area (TPSA) is 38.8 Å². The molecule has 1 amide bonds. The molecule has 1 saturated heterocycles. The number of nitrogens with zero attached hydrogens (tertiary/aromatic N) is 1. The second kappa shape index (κ2) is 6.16. The highest BCUT2D eigenvalue weighted by atomic mass is 16.5. The Kier molecular flexibility index (Phi) is 4.53. The predicted molar refractivity (Wildman–Crippen MR) is 78.4 cm³/mol. The summed E-state index contributed by atoms with van der Waals surface area (Å²) < 4.78 is 10.5. The molecule has 1 aliphatic heterocycles. The smallest absolute Gasteiger partial charge is 0.257 e. The molecule has 4 nitrogen and oxygen atoms in total. The number of amides is 1. The molecule has 0 spiro atoms. The largest absolute Gasteiger partial charge is 0.497 e. The first-order valence-electron chi connectivity index (χ1n) is 7.06. The van der Waals surface area contributed by atoms with Gasteiger partial charge < -0.3 is 14.4 Å². The van der Waals surface area contributed by atoms with E-state index in [1.54, 1.807) is 32.4 Å². The first-order chi connectivity index (χ1) is 9.55. The van der Waals surface area contributed by atoms with E-state index in [4.69, 9.17) is 9.47 Å². The number of rotatable bonds is 3. The Hall–Kier alpha value is -1.71. The van der Waals surface area contributed by atoms with Crippen molar-refractivity contribution < 1.29 is 14.3 Å². The molecule has 2 atom stereocenters. The van der Waals surface area contributed by atoms with Crippen molar-refractivity contribution in [1.29, 1.82) is 0 Å². The Morgan fingerprint density at radius 2 is 1.80 bits per heavy atom. The van der Waals surface area contributed by atoms with Crippen molar-refractivity contribution >= 4 is 5.91 Å². The van der Waals surface area contributed by atoms with Gasteiger partial charge in [0.1, 0.15) is 11.5 Å². The Labute approximate surface area is 120 Å². The van der Waals surface area contributed by atoms with Crippen LogP contribution in [0.3, 0.4) is 0 Å². The van der Waals surface area contributed by atoms with Crippen LogP contribution in [-0.4, -0.2) is 38.1 Å². The summed E-state index contributed by atoms with van der Waals surface area (Å²) in [6.45, 7) is 6.03. The van der Waals surface area contributed by atoms with Gasteiger partial charge in [0.2, 0.25) is 0 Å². The first kappa shape index (κ1) is 14.7. The minimum atomic E-state index is 0.0444. The average Bonchev–Trinajstić information content (AvgIpc) is 2.44. The van der Waals surface area contributed by atoms with Crippen LogP contribution in [0.15, 0.2) is 18.2 Å². The van der Waals surface area contributed by atoms with E-state index < -0.39 is 0 Å². The lowest BCUT2D eigenvalue weighted by molar-refractivity contribution is 0.0620. The van der Waals surface area contributed by atoms with Crippen molar-refractivity contribution in [3.63, 3.8) is 0 Å². The van der Waals surface area contributed by atoms with Crippen LogP contribution in [0.25, 0.3) is 0 Å². The van der Waals surface area contributed by atoms with Crippen LogP contribution in [0.4, 0.5) is 0 Å².